The van der Waals surface area contributed by atoms with Gasteiger partial charge in [0.25, 0.3) is 0 Å². The molecule has 1 saturated carbocycles. The summed E-state index contributed by atoms with van der Waals surface area (Å²) in [7, 11) is 0. The van der Waals surface area contributed by atoms with Crippen molar-refractivity contribution < 1.29 is 19.8 Å². The van der Waals surface area contributed by atoms with Crippen LogP contribution in [0.4, 0.5) is 0 Å². The average molecular weight is 265 g/mol. The first-order valence-electron chi connectivity index (χ1n) is 6.53. The van der Waals surface area contributed by atoms with Crippen LogP contribution in [-0.4, -0.2) is 28.2 Å². The lowest BCUT2D eigenvalue weighted by atomic mass is 9.71. The van der Waals surface area contributed by atoms with E-state index in [-0.39, 0.29) is 11.5 Å². The Morgan fingerprint density at radius 2 is 1.89 bits per heavy atom. The molecule has 2 unspecified atom stereocenters. The molecular formula is C14H19NO4. The normalized spacial score (nSPS) is 31.8. The molecule has 5 heteroatoms. The Morgan fingerprint density at radius 3 is 2.37 bits per heavy atom. The van der Waals surface area contributed by atoms with Crippen LogP contribution in [0.25, 0.3) is 0 Å². The van der Waals surface area contributed by atoms with Crippen LogP contribution in [0.1, 0.15) is 32.6 Å². The molecule has 0 heterocycles. The summed E-state index contributed by atoms with van der Waals surface area (Å²) in [5.41, 5.74) is 5.38. The molecule has 0 spiro atoms. The van der Waals surface area contributed by atoms with E-state index in [9.17, 15) is 19.8 Å². The van der Waals surface area contributed by atoms with Crippen LogP contribution in [0.15, 0.2) is 23.3 Å². The van der Waals surface area contributed by atoms with Crippen LogP contribution in [0.2, 0.25) is 0 Å². The lowest BCUT2D eigenvalue weighted by molar-refractivity contribution is -0.146. The Balaban J connectivity index is 2.46. The standard InChI is InChI=1S/C14H19NO4/c1-14(13(18)19)7-6-9(8-4-2-3-5-8)10(11(14)15)12(16)17/h6-8,11H,2-5,15H2,1H3,(H,16,17)(H,18,19). The molecule has 0 amide bonds. The van der Waals surface area contributed by atoms with Crippen molar-refractivity contribution >= 4 is 11.9 Å². The van der Waals surface area contributed by atoms with Crippen molar-refractivity contribution in [2.75, 3.05) is 0 Å². The van der Waals surface area contributed by atoms with Crippen LogP contribution >= 0.6 is 0 Å². The highest BCUT2D eigenvalue weighted by Gasteiger charge is 2.45. The molecule has 5 nitrogen and oxygen atoms in total. The number of carbonyl (C=O) groups is 2. The Kier molecular flexibility index (Phi) is 3.49. The molecule has 0 aliphatic heterocycles. The summed E-state index contributed by atoms with van der Waals surface area (Å²) in [6, 6.07) is -1.01. The molecule has 1 fully saturated rings. The summed E-state index contributed by atoms with van der Waals surface area (Å²) >= 11 is 0. The molecule has 0 aromatic carbocycles. The molecule has 19 heavy (non-hydrogen) atoms. The van der Waals surface area contributed by atoms with Gasteiger partial charge in [-0.2, -0.15) is 0 Å². The van der Waals surface area contributed by atoms with Crippen molar-refractivity contribution in [2.45, 2.75) is 38.6 Å². The molecule has 0 bridgehead atoms. The fourth-order valence-electron chi connectivity index (χ4n) is 2.99. The van der Waals surface area contributed by atoms with Crippen LogP contribution in [0, 0.1) is 11.3 Å². The maximum atomic E-state index is 11.5. The van der Waals surface area contributed by atoms with Crippen LogP contribution in [0.5, 0.6) is 0 Å². The van der Waals surface area contributed by atoms with Gasteiger partial charge in [0.1, 0.15) is 5.41 Å². The summed E-state index contributed by atoms with van der Waals surface area (Å²) in [5, 5.41) is 18.7. The fourth-order valence-corrected chi connectivity index (χ4v) is 2.99. The highest BCUT2D eigenvalue weighted by atomic mass is 16.4. The first kappa shape index (κ1) is 13.8. The second-order valence-corrected chi connectivity index (χ2v) is 5.55. The molecule has 0 aromatic heterocycles. The van der Waals surface area contributed by atoms with E-state index in [1.165, 1.54) is 6.92 Å². The minimum Gasteiger partial charge on any atom is -0.481 e. The summed E-state index contributed by atoms with van der Waals surface area (Å²) in [5.74, 6) is -2.00. The largest absolute Gasteiger partial charge is 0.481 e. The van der Waals surface area contributed by atoms with Gasteiger partial charge in [0.2, 0.25) is 0 Å². The van der Waals surface area contributed by atoms with E-state index in [0.717, 1.165) is 31.3 Å². The molecule has 2 atom stereocenters. The SMILES string of the molecule is CC1(C(=O)O)C=CC(C2CCCC2)=C(C(=O)O)C1N. The molecule has 0 saturated heterocycles. The van der Waals surface area contributed by atoms with Gasteiger partial charge in [0.15, 0.2) is 0 Å². The molecule has 4 N–H and O–H groups in total. The van der Waals surface area contributed by atoms with Crippen LogP contribution in [0.3, 0.4) is 0 Å². The van der Waals surface area contributed by atoms with Gasteiger partial charge in [-0.3, -0.25) is 4.79 Å². The number of allylic oxidation sites excluding steroid dienone is 2. The van der Waals surface area contributed by atoms with Gasteiger partial charge in [0, 0.05) is 0 Å². The van der Waals surface area contributed by atoms with Crippen molar-refractivity contribution in [1.29, 1.82) is 0 Å². The number of nitrogens with two attached hydrogens (primary N) is 1. The second-order valence-electron chi connectivity index (χ2n) is 5.55. The Bertz CT molecular complexity index is 474. The summed E-state index contributed by atoms with van der Waals surface area (Å²) in [6.45, 7) is 1.46. The Labute approximate surface area is 111 Å². The number of carboxylic acid groups (broad SMARTS) is 2. The van der Waals surface area contributed by atoms with E-state index in [4.69, 9.17) is 5.73 Å². The number of hydrogen-bond donors (Lipinski definition) is 3. The lowest BCUT2D eigenvalue weighted by Gasteiger charge is -2.34. The van der Waals surface area contributed by atoms with E-state index >= 15 is 0 Å². The van der Waals surface area contributed by atoms with Gasteiger partial charge in [-0.25, -0.2) is 4.79 Å². The monoisotopic (exact) mass is 265 g/mol. The number of hydrogen-bond acceptors (Lipinski definition) is 3. The minimum absolute atomic E-state index is 0.0688. The first-order chi connectivity index (χ1) is 8.88. The number of rotatable bonds is 3. The highest BCUT2D eigenvalue weighted by Crippen LogP contribution is 2.40. The fraction of sp³-hybridized carbons (Fsp3) is 0.571. The van der Waals surface area contributed by atoms with E-state index in [1.807, 2.05) is 0 Å². The number of carboxylic acids is 2. The molecule has 104 valence electrons. The zero-order valence-corrected chi connectivity index (χ0v) is 10.9. The quantitative estimate of drug-likeness (QED) is 0.718. The van der Waals surface area contributed by atoms with Gasteiger partial charge >= 0.3 is 11.9 Å². The van der Waals surface area contributed by atoms with Crippen LogP contribution in [-0.2, 0) is 9.59 Å². The number of aliphatic carboxylic acids is 2. The van der Waals surface area contributed by atoms with Crippen molar-refractivity contribution in [3.8, 4) is 0 Å². The molecule has 2 aliphatic rings. The maximum Gasteiger partial charge on any atom is 0.333 e. The van der Waals surface area contributed by atoms with Gasteiger partial charge in [-0.15, -0.1) is 0 Å². The third-order valence-corrected chi connectivity index (χ3v) is 4.36. The summed E-state index contributed by atoms with van der Waals surface area (Å²) in [6.07, 6.45) is 7.28. The van der Waals surface area contributed by atoms with E-state index in [0.29, 0.717) is 0 Å². The van der Waals surface area contributed by atoms with Gasteiger partial charge < -0.3 is 15.9 Å². The first-order valence-corrected chi connectivity index (χ1v) is 6.53. The molecule has 2 aliphatic carbocycles. The predicted molar refractivity (Wildman–Crippen MR) is 69.5 cm³/mol. The third kappa shape index (κ3) is 2.18. The van der Waals surface area contributed by atoms with E-state index < -0.39 is 23.4 Å². The Hall–Kier alpha value is -1.62. The smallest absolute Gasteiger partial charge is 0.333 e. The molecular weight excluding hydrogens is 246 g/mol. The van der Waals surface area contributed by atoms with E-state index in [2.05, 4.69) is 0 Å². The Morgan fingerprint density at radius 1 is 1.32 bits per heavy atom. The van der Waals surface area contributed by atoms with Crippen molar-refractivity contribution in [3.63, 3.8) is 0 Å². The van der Waals surface area contributed by atoms with Crippen molar-refractivity contribution in [2.24, 2.45) is 17.1 Å². The van der Waals surface area contributed by atoms with Gasteiger partial charge in [-0.1, -0.05) is 25.0 Å². The second kappa shape index (κ2) is 4.81. The van der Waals surface area contributed by atoms with Crippen LogP contribution < -0.4 is 5.73 Å². The summed E-state index contributed by atoms with van der Waals surface area (Å²) < 4.78 is 0. The third-order valence-electron chi connectivity index (χ3n) is 4.36. The summed E-state index contributed by atoms with van der Waals surface area (Å²) in [4.78, 5) is 22.8. The average Bonchev–Trinajstić information content (AvgIpc) is 2.85. The van der Waals surface area contributed by atoms with Crippen molar-refractivity contribution in [1.82, 2.24) is 0 Å². The lowest BCUT2D eigenvalue weighted by Crippen LogP contribution is -2.49. The molecule has 0 aromatic rings. The topological polar surface area (TPSA) is 101 Å². The van der Waals surface area contributed by atoms with E-state index in [1.54, 1.807) is 12.2 Å². The molecule has 0 radical (unpaired) electrons. The van der Waals surface area contributed by atoms with Crippen molar-refractivity contribution in [3.05, 3.63) is 23.3 Å². The molecule has 2 rings (SSSR count). The minimum atomic E-state index is -1.35. The van der Waals surface area contributed by atoms with Gasteiger partial charge in [0.05, 0.1) is 11.6 Å². The van der Waals surface area contributed by atoms with Gasteiger partial charge in [-0.05, 0) is 31.3 Å². The zero-order chi connectivity index (χ0) is 14.2. The zero-order valence-electron chi connectivity index (χ0n) is 10.9. The highest BCUT2D eigenvalue weighted by molar-refractivity contribution is 5.93. The maximum absolute atomic E-state index is 11.5. The predicted octanol–water partition coefficient (Wildman–Crippen LogP) is 1.55.